The van der Waals surface area contributed by atoms with Crippen LogP contribution in [-0.2, 0) is 6.42 Å². The van der Waals surface area contributed by atoms with Crippen molar-refractivity contribution in [3.05, 3.63) is 59.8 Å². The Morgan fingerprint density at radius 2 is 2.12 bits per heavy atom. The van der Waals surface area contributed by atoms with E-state index in [0.717, 1.165) is 6.42 Å². The summed E-state index contributed by atoms with van der Waals surface area (Å²) >= 11 is 0. The normalized spacial score (nSPS) is 23.3. The number of carbonyl (C=O) groups excluding carboxylic acids is 1. The summed E-state index contributed by atoms with van der Waals surface area (Å²) in [5, 5.41) is 10.8. The van der Waals surface area contributed by atoms with E-state index >= 15 is 0 Å². The Morgan fingerprint density at radius 1 is 1.36 bits per heavy atom. The van der Waals surface area contributed by atoms with E-state index in [9.17, 15) is 9.90 Å². The van der Waals surface area contributed by atoms with Crippen LogP contribution in [0.25, 0.3) is 0 Å². The van der Waals surface area contributed by atoms with Gasteiger partial charge in [-0.2, -0.15) is 0 Å². The van der Waals surface area contributed by atoms with Gasteiger partial charge in [-0.1, -0.05) is 30.3 Å². The Bertz CT molecular complexity index is 731. The Morgan fingerprint density at radius 3 is 2.84 bits per heavy atom. The topological polar surface area (TPSA) is 62.7 Å². The molecule has 0 saturated carbocycles. The predicted octanol–water partition coefficient (Wildman–Crippen LogP) is 2.55. The van der Waals surface area contributed by atoms with Crippen LogP contribution in [0.4, 0.5) is 0 Å². The van der Waals surface area contributed by atoms with Crippen LogP contribution in [-0.4, -0.2) is 46.7 Å². The van der Waals surface area contributed by atoms with Crippen molar-refractivity contribution in [1.29, 1.82) is 0 Å². The van der Waals surface area contributed by atoms with Crippen molar-refractivity contribution in [1.82, 2.24) is 9.88 Å². The van der Waals surface area contributed by atoms with Crippen LogP contribution >= 0.6 is 0 Å². The first-order chi connectivity index (χ1) is 12.0. The van der Waals surface area contributed by atoms with Crippen molar-refractivity contribution in [2.24, 2.45) is 5.92 Å². The number of piperidine rings is 1. The summed E-state index contributed by atoms with van der Waals surface area (Å²) in [6.45, 7) is 2.95. The van der Waals surface area contributed by atoms with Gasteiger partial charge in [0.05, 0.1) is 12.7 Å². The van der Waals surface area contributed by atoms with Crippen molar-refractivity contribution >= 4 is 5.91 Å². The summed E-state index contributed by atoms with van der Waals surface area (Å²) in [4.78, 5) is 18.7. The number of hydrogen-bond donors (Lipinski definition) is 1. The van der Waals surface area contributed by atoms with Gasteiger partial charge in [0.25, 0.3) is 5.91 Å². The highest BCUT2D eigenvalue weighted by molar-refractivity contribution is 5.94. The number of nitrogens with zero attached hydrogens (tertiary/aromatic N) is 2. The highest BCUT2D eigenvalue weighted by atomic mass is 16.5. The molecule has 0 unspecified atom stereocenters. The van der Waals surface area contributed by atoms with Crippen LogP contribution in [0.3, 0.4) is 0 Å². The van der Waals surface area contributed by atoms with Gasteiger partial charge in [0.15, 0.2) is 0 Å². The van der Waals surface area contributed by atoms with Crippen LogP contribution in [0.1, 0.15) is 29.3 Å². The first kappa shape index (κ1) is 17.4. The van der Waals surface area contributed by atoms with Gasteiger partial charge in [-0.15, -0.1) is 0 Å². The molecule has 25 heavy (non-hydrogen) atoms. The van der Waals surface area contributed by atoms with Crippen molar-refractivity contribution in [3.8, 4) is 5.88 Å². The molecule has 5 heteroatoms. The number of rotatable bonds is 4. The smallest absolute Gasteiger partial charge is 0.254 e. The average molecular weight is 340 g/mol. The predicted molar refractivity (Wildman–Crippen MR) is 95.6 cm³/mol. The molecule has 2 atom stereocenters. The largest absolute Gasteiger partial charge is 0.481 e. The number of ether oxygens (including phenoxy) is 1. The highest BCUT2D eigenvalue weighted by Gasteiger charge is 2.39. The molecule has 5 nitrogen and oxygen atoms in total. The van der Waals surface area contributed by atoms with Crippen molar-refractivity contribution in [2.45, 2.75) is 25.4 Å². The van der Waals surface area contributed by atoms with E-state index in [2.05, 4.69) is 17.1 Å². The summed E-state index contributed by atoms with van der Waals surface area (Å²) in [6.07, 6.45) is 2.89. The highest BCUT2D eigenvalue weighted by Crippen LogP contribution is 2.31. The quantitative estimate of drug-likeness (QED) is 0.929. The van der Waals surface area contributed by atoms with Gasteiger partial charge in [-0.05, 0) is 31.4 Å². The third kappa shape index (κ3) is 3.99. The average Bonchev–Trinajstić information content (AvgIpc) is 2.64. The number of aliphatic hydroxyl groups is 1. The third-order valence-corrected chi connectivity index (χ3v) is 5.01. The summed E-state index contributed by atoms with van der Waals surface area (Å²) in [6, 6.07) is 13.5. The van der Waals surface area contributed by atoms with Crippen LogP contribution in [0.5, 0.6) is 5.88 Å². The lowest BCUT2D eigenvalue weighted by molar-refractivity contribution is -0.0507. The lowest BCUT2D eigenvalue weighted by atomic mass is 9.78. The summed E-state index contributed by atoms with van der Waals surface area (Å²) < 4.78 is 5.10. The minimum atomic E-state index is -0.775. The Hall–Kier alpha value is -2.40. The van der Waals surface area contributed by atoms with Gasteiger partial charge >= 0.3 is 0 Å². The van der Waals surface area contributed by atoms with Gasteiger partial charge < -0.3 is 14.7 Å². The van der Waals surface area contributed by atoms with E-state index in [1.807, 2.05) is 30.0 Å². The van der Waals surface area contributed by atoms with Crippen LogP contribution in [0, 0.1) is 5.92 Å². The van der Waals surface area contributed by atoms with E-state index in [1.54, 1.807) is 18.3 Å². The molecular formula is C20H24N2O3. The van der Waals surface area contributed by atoms with Gasteiger partial charge in [-0.3, -0.25) is 4.79 Å². The molecule has 1 aromatic carbocycles. The molecule has 132 valence electrons. The molecule has 2 heterocycles. The fraction of sp³-hybridized carbons (Fsp3) is 0.400. The molecule has 1 fully saturated rings. The number of aromatic nitrogens is 1. The second-order valence-corrected chi connectivity index (χ2v) is 6.83. The molecule has 0 bridgehead atoms. The second kappa shape index (κ2) is 7.23. The number of hydrogen-bond acceptors (Lipinski definition) is 4. The molecule has 3 rings (SSSR count). The third-order valence-electron chi connectivity index (χ3n) is 5.01. The number of pyridine rings is 1. The number of methoxy groups -OCH3 is 1. The first-order valence-electron chi connectivity index (χ1n) is 8.55. The zero-order valence-corrected chi connectivity index (χ0v) is 14.7. The molecule has 1 amide bonds. The van der Waals surface area contributed by atoms with E-state index in [-0.39, 0.29) is 11.8 Å². The number of amides is 1. The Balaban J connectivity index is 1.76. The molecule has 1 N–H and O–H groups in total. The van der Waals surface area contributed by atoms with Crippen LogP contribution < -0.4 is 4.74 Å². The second-order valence-electron chi connectivity index (χ2n) is 6.83. The fourth-order valence-corrected chi connectivity index (χ4v) is 3.32. The van der Waals surface area contributed by atoms with Gasteiger partial charge in [-0.25, -0.2) is 4.98 Å². The molecule has 2 aromatic rings. The number of benzene rings is 1. The monoisotopic (exact) mass is 340 g/mol. The minimum absolute atomic E-state index is 0.00340. The van der Waals surface area contributed by atoms with Crippen LogP contribution in [0.2, 0.25) is 0 Å². The van der Waals surface area contributed by atoms with Crippen LogP contribution in [0.15, 0.2) is 48.7 Å². The maximum Gasteiger partial charge on any atom is 0.254 e. The molecule has 0 radical (unpaired) electrons. The zero-order valence-electron chi connectivity index (χ0n) is 14.7. The maximum atomic E-state index is 12.8. The summed E-state index contributed by atoms with van der Waals surface area (Å²) in [7, 11) is 1.53. The van der Waals surface area contributed by atoms with Gasteiger partial charge in [0, 0.05) is 36.8 Å². The molecule has 1 aliphatic heterocycles. The van der Waals surface area contributed by atoms with Crippen molar-refractivity contribution < 1.29 is 14.6 Å². The Labute approximate surface area is 148 Å². The number of likely N-dealkylation sites (tertiary alicyclic amines) is 1. The van der Waals surface area contributed by atoms with Gasteiger partial charge in [0.2, 0.25) is 5.88 Å². The van der Waals surface area contributed by atoms with E-state index in [1.165, 1.54) is 12.7 Å². The lowest BCUT2D eigenvalue weighted by Crippen LogP contribution is -2.52. The van der Waals surface area contributed by atoms with Crippen molar-refractivity contribution in [2.75, 3.05) is 20.2 Å². The van der Waals surface area contributed by atoms with E-state index in [4.69, 9.17) is 4.74 Å². The molecule has 0 spiro atoms. The molecule has 0 aliphatic carbocycles. The zero-order chi connectivity index (χ0) is 17.9. The fourth-order valence-electron chi connectivity index (χ4n) is 3.32. The molecule has 1 aromatic heterocycles. The maximum absolute atomic E-state index is 12.8. The molecule has 1 saturated heterocycles. The van der Waals surface area contributed by atoms with Crippen molar-refractivity contribution in [3.63, 3.8) is 0 Å². The van der Waals surface area contributed by atoms with E-state index in [0.29, 0.717) is 31.0 Å². The van der Waals surface area contributed by atoms with E-state index < -0.39 is 5.60 Å². The molecular weight excluding hydrogens is 316 g/mol. The molecule has 1 aliphatic rings. The summed E-state index contributed by atoms with van der Waals surface area (Å²) in [5.41, 5.74) is 0.960. The SMILES string of the molecule is COc1cc(C(=O)N2CC[C@@](C)(O)[C@@H](Cc3ccccc3)C2)ccn1. The summed E-state index contributed by atoms with van der Waals surface area (Å²) in [5.74, 6) is 0.376. The minimum Gasteiger partial charge on any atom is -0.481 e. The first-order valence-corrected chi connectivity index (χ1v) is 8.55. The lowest BCUT2D eigenvalue weighted by Gasteiger charge is -2.43. The van der Waals surface area contributed by atoms with Gasteiger partial charge in [0.1, 0.15) is 0 Å². The Kier molecular flexibility index (Phi) is 5.04. The standard InChI is InChI=1S/C20H24N2O3/c1-20(24)9-11-22(14-17(20)12-15-6-4-3-5-7-15)19(23)16-8-10-21-18(13-16)25-2/h3-8,10,13,17,24H,9,11-12,14H2,1-2H3/t17-,20+/m0/s1. The number of carbonyl (C=O) groups is 1.